The molecule has 1 amide bonds. The smallest absolute Gasteiger partial charge is 0.410 e. The van der Waals surface area contributed by atoms with Crippen LogP contribution in [-0.2, 0) is 4.74 Å². The molecule has 1 heterocycles. The standard InChI is InChI=1S/C15H22N2O4/c1-15(2,3)21-14(18)17-9-8-13(10-17)20-12-6-4-11(16-19)5-7-12/h4-7,13,16,19H,8-10H2,1-3H3/p+1. The summed E-state index contributed by atoms with van der Waals surface area (Å²) in [5.74, 6) is 0.733. The average Bonchev–Trinajstić information content (AvgIpc) is 2.86. The molecule has 1 unspecified atom stereocenters. The lowest BCUT2D eigenvalue weighted by atomic mass is 10.2. The summed E-state index contributed by atoms with van der Waals surface area (Å²) < 4.78 is 11.2. The summed E-state index contributed by atoms with van der Waals surface area (Å²) in [7, 11) is 0. The first-order chi connectivity index (χ1) is 9.87. The topological polar surface area (TPSA) is 75.6 Å². The van der Waals surface area contributed by atoms with E-state index in [2.05, 4.69) is 0 Å². The molecule has 1 atom stereocenters. The minimum atomic E-state index is -0.480. The van der Waals surface area contributed by atoms with Gasteiger partial charge in [-0.05, 0) is 32.9 Å². The Bertz CT molecular complexity index is 481. The van der Waals surface area contributed by atoms with Gasteiger partial charge in [0.15, 0.2) is 5.69 Å². The van der Waals surface area contributed by atoms with Crippen LogP contribution in [0.2, 0.25) is 0 Å². The van der Waals surface area contributed by atoms with Crippen molar-refractivity contribution >= 4 is 11.8 Å². The first-order valence-electron chi connectivity index (χ1n) is 7.09. The SMILES string of the molecule is CC(C)(C)OC(=O)N1CCC(Oc2ccc([NH2+]O)cc2)C1. The van der Waals surface area contributed by atoms with Gasteiger partial charge in [-0.1, -0.05) is 0 Å². The number of amides is 1. The molecule has 6 nitrogen and oxygen atoms in total. The summed E-state index contributed by atoms with van der Waals surface area (Å²) in [6.07, 6.45) is 0.466. The Morgan fingerprint density at radius 2 is 2.00 bits per heavy atom. The maximum Gasteiger partial charge on any atom is 0.410 e. The minimum Gasteiger partial charge on any atom is -0.489 e. The number of hydrogen-bond acceptors (Lipinski definition) is 4. The molecule has 1 aromatic carbocycles. The van der Waals surface area contributed by atoms with Crippen LogP contribution < -0.4 is 10.2 Å². The highest BCUT2D eigenvalue weighted by Gasteiger charge is 2.30. The second-order valence-electron chi connectivity index (χ2n) is 6.15. The summed E-state index contributed by atoms with van der Waals surface area (Å²) in [6.45, 7) is 6.74. The van der Waals surface area contributed by atoms with Crippen LogP contribution in [0.15, 0.2) is 24.3 Å². The van der Waals surface area contributed by atoms with Gasteiger partial charge < -0.3 is 14.4 Å². The van der Waals surface area contributed by atoms with Crippen molar-refractivity contribution in [2.24, 2.45) is 0 Å². The molecule has 0 aromatic heterocycles. The first kappa shape index (κ1) is 15.6. The molecule has 3 N–H and O–H groups in total. The van der Waals surface area contributed by atoms with Gasteiger partial charge in [-0.3, -0.25) is 0 Å². The van der Waals surface area contributed by atoms with E-state index in [1.165, 1.54) is 0 Å². The number of carbonyl (C=O) groups is 1. The van der Waals surface area contributed by atoms with Crippen molar-refractivity contribution in [3.8, 4) is 5.75 Å². The third kappa shape index (κ3) is 4.61. The fraction of sp³-hybridized carbons (Fsp3) is 0.533. The maximum atomic E-state index is 12.0. The Kier molecular flexibility index (Phi) is 4.69. The molecule has 116 valence electrons. The largest absolute Gasteiger partial charge is 0.489 e. The number of benzene rings is 1. The van der Waals surface area contributed by atoms with Crippen molar-refractivity contribution in [3.05, 3.63) is 24.3 Å². The quantitative estimate of drug-likeness (QED) is 0.657. The van der Waals surface area contributed by atoms with E-state index in [4.69, 9.17) is 14.7 Å². The number of nitrogens with two attached hydrogens (primary N) is 1. The highest BCUT2D eigenvalue weighted by molar-refractivity contribution is 5.68. The van der Waals surface area contributed by atoms with E-state index < -0.39 is 5.60 Å². The van der Waals surface area contributed by atoms with Crippen molar-refractivity contribution in [1.82, 2.24) is 4.90 Å². The second-order valence-corrected chi connectivity index (χ2v) is 6.15. The summed E-state index contributed by atoms with van der Waals surface area (Å²) in [5, 5.41) is 8.88. The predicted molar refractivity (Wildman–Crippen MR) is 76.7 cm³/mol. The Hall–Kier alpha value is -1.79. The fourth-order valence-corrected chi connectivity index (χ4v) is 2.14. The predicted octanol–water partition coefficient (Wildman–Crippen LogP) is 1.66. The molecule has 0 bridgehead atoms. The number of carbonyl (C=O) groups excluding carboxylic acids is 1. The van der Waals surface area contributed by atoms with E-state index in [1.807, 2.05) is 20.8 Å². The Morgan fingerprint density at radius 1 is 1.33 bits per heavy atom. The van der Waals surface area contributed by atoms with Gasteiger partial charge in [0, 0.05) is 25.1 Å². The lowest BCUT2D eigenvalue weighted by Crippen LogP contribution is -2.73. The molecule has 0 aliphatic carbocycles. The lowest BCUT2D eigenvalue weighted by Gasteiger charge is -2.24. The van der Waals surface area contributed by atoms with E-state index in [-0.39, 0.29) is 12.2 Å². The van der Waals surface area contributed by atoms with Crippen LogP contribution in [-0.4, -0.2) is 41.0 Å². The van der Waals surface area contributed by atoms with E-state index in [0.29, 0.717) is 13.1 Å². The Labute approximate surface area is 124 Å². The first-order valence-corrected chi connectivity index (χ1v) is 7.09. The van der Waals surface area contributed by atoms with E-state index in [1.54, 1.807) is 29.2 Å². The highest BCUT2D eigenvalue weighted by Crippen LogP contribution is 2.21. The van der Waals surface area contributed by atoms with Crippen molar-refractivity contribution in [2.45, 2.75) is 38.9 Å². The van der Waals surface area contributed by atoms with Gasteiger partial charge in [0.1, 0.15) is 17.5 Å². The molecule has 21 heavy (non-hydrogen) atoms. The summed E-state index contributed by atoms with van der Waals surface area (Å²) in [4.78, 5) is 13.6. The Morgan fingerprint density at radius 3 is 2.57 bits per heavy atom. The zero-order chi connectivity index (χ0) is 15.5. The van der Waals surface area contributed by atoms with Crippen LogP contribution >= 0.6 is 0 Å². The second kappa shape index (κ2) is 6.32. The van der Waals surface area contributed by atoms with E-state index in [0.717, 1.165) is 23.3 Å². The monoisotopic (exact) mass is 295 g/mol. The molecular formula is C15H23N2O4+. The molecule has 2 rings (SSSR count). The van der Waals surface area contributed by atoms with Crippen LogP contribution in [0, 0.1) is 0 Å². The number of nitrogens with zero attached hydrogens (tertiary/aromatic N) is 1. The molecule has 0 radical (unpaired) electrons. The van der Waals surface area contributed by atoms with Crippen LogP contribution in [0.5, 0.6) is 5.75 Å². The molecule has 0 saturated carbocycles. The van der Waals surface area contributed by atoms with E-state index in [9.17, 15) is 4.79 Å². The lowest BCUT2D eigenvalue weighted by molar-refractivity contribution is -0.825. The van der Waals surface area contributed by atoms with Gasteiger partial charge in [-0.15, -0.1) is 0 Å². The molecule has 1 saturated heterocycles. The number of likely N-dealkylation sites (tertiary alicyclic amines) is 1. The fourth-order valence-electron chi connectivity index (χ4n) is 2.14. The molecule has 6 heteroatoms. The highest BCUT2D eigenvalue weighted by atomic mass is 16.6. The van der Waals surface area contributed by atoms with Gasteiger partial charge >= 0.3 is 6.09 Å². The number of rotatable bonds is 3. The molecule has 1 aliphatic rings. The van der Waals surface area contributed by atoms with Crippen molar-refractivity contribution in [2.75, 3.05) is 13.1 Å². The van der Waals surface area contributed by atoms with Crippen LogP contribution in [0.25, 0.3) is 0 Å². The van der Waals surface area contributed by atoms with Crippen LogP contribution in [0.3, 0.4) is 0 Å². The number of hydrogen-bond donors (Lipinski definition) is 2. The summed E-state index contributed by atoms with van der Waals surface area (Å²) >= 11 is 0. The Balaban J connectivity index is 1.86. The average molecular weight is 295 g/mol. The van der Waals surface area contributed by atoms with Crippen molar-refractivity contribution in [1.29, 1.82) is 0 Å². The third-order valence-electron chi connectivity index (χ3n) is 3.13. The van der Waals surface area contributed by atoms with Crippen LogP contribution in [0.4, 0.5) is 10.5 Å². The van der Waals surface area contributed by atoms with Crippen LogP contribution in [0.1, 0.15) is 27.2 Å². The van der Waals surface area contributed by atoms with Gasteiger partial charge in [0.25, 0.3) is 0 Å². The molecular weight excluding hydrogens is 272 g/mol. The molecule has 1 fully saturated rings. The summed E-state index contributed by atoms with van der Waals surface area (Å²) in [5.41, 5.74) is 1.29. The van der Waals surface area contributed by atoms with Gasteiger partial charge in [-0.2, -0.15) is 5.48 Å². The number of quaternary nitrogens is 1. The molecule has 1 aromatic rings. The van der Waals surface area contributed by atoms with E-state index >= 15 is 0 Å². The van der Waals surface area contributed by atoms with Gasteiger partial charge in [-0.25, -0.2) is 10.0 Å². The minimum absolute atomic E-state index is 0.0264. The van der Waals surface area contributed by atoms with Gasteiger partial charge in [0.2, 0.25) is 0 Å². The summed E-state index contributed by atoms with van der Waals surface area (Å²) in [6, 6.07) is 7.15. The zero-order valence-electron chi connectivity index (χ0n) is 12.7. The zero-order valence-corrected chi connectivity index (χ0v) is 12.7. The third-order valence-corrected chi connectivity index (χ3v) is 3.13. The normalized spacial score (nSPS) is 18.7. The maximum absolute atomic E-state index is 12.0. The molecule has 0 spiro atoms. The van der Waals surface area contributed by atoms with Gasteiger partial charge in [0.05, 0.1) is 6.54 Å². The van der Waals surface area contributed by atoms with Crippen molar-refractivity contribution < 1.29 is 25.0 Å². The molecule has 1 aliphatic heterocycles. The van der Waals surface area contributed by atoms with Crippen molar-refractivity contribution in [3.63, 3.8) is 0 Å². The number of ether oxygens (including phenoxy) is 2.